The molecule has 0 radical (unpaired) electrons. The Morgan fingerprint density at radius 2 is 1.96 bits per heavy atom. The van der Waals surface area contributed by atoms with Crippen molar-refractivity contribution in [2.24, 2.45) is 0 Å². The number of nitrogens with one attached hydrogen (secondary N) is 1. The van der Waals surface area contributed by atoms with E-state index in [1.54, 1.807) is 25.3 Å². The highest BCUT2D eigenvalue weighted by molar-refractivity contribution is 6.32. The maximum atomic E-state index is 12.3. The molecule has 5 heteroatoms. The van der Waals surface area contributed by atoms with E-state index in [0.717, 1.165) is 24.1 Å². The van der Waals surface area contributed by atoms with Crippen molar-refractivity contribution in [1.29, 1.82) is 0 Å². The Hall–Kier alpha value is -2.46. The molecule has 0 saturated heterocycles. The quantitative estimate of drug-likeness (QED) is 0.761. The molecule has 0 bridgehead atoms. The van der Waals surface area contributed by atoms with Gasteiger partial charge < -0.3 is 14.8 Å². The minimum absolute atomic E-state index is 0.171. The van der Waals surface area contributed by atoms with Crippen molar-refractivity contribution in [2.75, 3.05) is 19.5 Å². The van der Waals surface area contributed by atoms with E-state index in [1.165, 1.54) is 37.2 Å². The Labute approximate surface area is 158 Å². The zero-order chi connectivity index (χ0) is 18.5. The summed E-state index contributed by atoms with van der Waals surface area (Å²) in [4.78, 5) is 12.3. The summed E-state index contributed by atoms with van der Waals surface area (Å²) in [6, 6.07) is 9.61. The van der Waals surface area contributed by atoms with Gasteiger partial charge >= 0.3 is 0 Å². The first kappa shape index (κ1) is 18.3. The molecular formula is C21H22ClNO3. The third-order valence-electron chi connectivity index (χ3n) is 4.54. The smallest absolute Gasteiger partial charge is 0.248 e. The van der Waals surface area contributed by atoms with Gasteiger partial charge in [0.15, 0.2) is 11.5 Å². The number of hydrogen-bond acceptors (Lipinski definition) is 3. The number of carbonyl (C=O) groups is 1. The van der Waals surface area contributed by atoms with E-state index in [2.05, 4.69) is 11.4 Å². The lowest BCUT2D eigenvalue weighted by atomic mass is 9.90. The van der Waals surface area contributed by atoms with Gasteiger partial charge in [-0.1, -0.05) is 23.7 Å². The molecule has 1 aliphatic carbocycles. The van der Waals surface area contributed by atoms with Crippen LogP contribution in [-0.2, 0) is 17.6 Å². The zero-order valence-corrected chi connectivity index (χ0v) is 15.7. The van der Waals surface area contributed by atoms with E-state index in [9.17, 15) is 4.79 Å². The molecule has 2 aromatic rings. The first-order chi connectivity index (χ1) is 12.6. The summed E-state index contributed by atoms with van der Waals surface area (Å²) in [5.41, 5.74) is 4.26. The number of methoxy groups -OCH3 is 2. The van der Waals surface area contributed by atoms with Gasteiger partial charge in [0.05, 0.1) is 19.2 Å². The molecule has 136 valence electrons. The highest BCUT2D eigenvalue weighted by Crippen LogP contribution is 2.36. The summed E-state index contributed by atoms with van der Waals surface area (Å²) >= 11 is 6.20. The molecule has 0 aromatic heterocycles. The van der Waals surface area contributed by atoms with E-state index in [4.69, 9.17) is 21.1 Å². The van der Waals surface area contributed by atoms with E-state index < -0.39 is 0 Å². The molecule has 2 aromatic carbocycles. The molecule has 3 rings (SSSR count). The van der Waals surface area contributed by atoms with Crippen LogP contribution < -0.4 is 14.8 Å². The van der Waals surface area contributed by atoms with Crippen molar-refractivity contribution in [3.05, 3.63) is 58.1 Å². The topological polar surface area (TPSA) is 47.6 Å². The first-order valence-corrected chi connectivity index (χ1v) is 9.01. The standard InChI is InChI=1S/C21H22ClNO3/c1-25-19-13-14(12-17(22)21(19)26-2)10-11-20(24)23-18-9-5-7-15-6-3-4-8-16(15)18/h5,7,9-13H,3-4,6,8H2,1-2H3,(H,23,24)/b11-10+. The summed E-state index contributed by atoms with van der Waals surface area (Å²) in [5, 5.41) is 3.43. The second kappa shape index (κ2) is 8.28. The predicted octanol–water partition coefficient (Wildman–Crippen LogP) is 4.89. The number of carbonyl (C=O) groups excluding carboxylic acids is 1. The van der Waals surface area contributed by atoms with Crippen LogP contribution in [0.15, 0.2) is 36.4 Å². The fourth-order valence-corrected chi connectivity index (χ4v) is 3.58. The molecule has 1 aliphatic rings. The number of benzene rings is 2. The molecule has 0 saturated carbocycles. The lowest BCUT2D eigenvalue weighted by Gasteiger charge is -2.19. The van der Waals surface area contributed by atoms with Crippen LogP contribution in [0.25, 0.3) is 6.08 Å². The first-order valence-electron chi connectivity index (χ1n) is 8.63. The molecule has 0 fully saturated rings. The minimum Gasteiger partial charge on any atom is -0.493 e. The van der Waals surface area contributed by atoms with E-state index in [0.29, 0.717) is 16.5 Å². The number of halogens is 1. The summed E-state index contributed by atoms with van der Waals surface area (Å²) in [6.45, 7) is 0. The van der Waals surface area contributed by atoms with Crippen LogP contribution in [0.4, 0.5) is 5.69 Å². The van der Waals surface area contributed by atoms with Crippen LogP contribution >= 0.6 is 11.6 Å². The molecule has 0 atom stereocenters. The largest absolute Gasteiger partial charge is 0.493 e. The van der Waals surface area contributed by atoms with Crippen molar-refractivity contribution >= 4 is 29.3 Å². The van der Waals surface area contributed by atoms with Crippen LogP contribution in [-0.4, -0.2) is 20.1 Å². The van der Waals surface area contributed by atoms with Gasteiger partial charge in [-0.3, -0.25) is 4.79 Å². The van der Waals surface area contributed by atoms with Gasteiger partial charge in [-0.2, -0.15) is 0 Å². The number of amides is 1. The normalized spacial score (nSPS) is 13.3. The third-order valence-corrected chi connectivity index (χ3v) is 4.82. The maximum absolute atomic E-state index is 12.3. The lowest BCUT2D eigenvalue weighted by molar-refractivity contribution is -0.111. The van der Waals surface area contributed by atoms with Crippen LogP contribution in [0.3, 0.4) is 0 Å². The van der Waals surface area contributed by atoms with Gasteiger partial charge in [-0.25, -0.2) is 0 Å². The molecular weight excluding hydrogens is 350 g/mol. The fourth-order valence-electron chi connectivity index (χ4n) is 3.28. The van der Waals surface area contributed by atoms with E-state index in [1.807, 2.05) is 12.1 Å². The Kier molecular flexibility index (Phi) is 5.84. The number of aryl methyl sites for hydroxylation is 1. The molecule has 26 heavy (non-hydrogen) atoms. The molecule has 0 unspecified atom stereocenters. The summed E-state index contributed by atoms with van der Waals surface area (Å²) in [5.74, 6) is 0.832. The van der Waals surface area contributed by atoms with Gasteiger partial charge in [0.25, 0.3) is 0 Å². The van der Waals surface area contributed by atoms with Gasteiger partial charge in [-0.15, -0.1) is 0 Å². The Morgan fingerprint density at radius 3 is 2.73 bits per heavy atom. The number of rotatable bonds is 5. The second-order valence-corrected chi connectivity index (χ2v) is 6.62. The lowest BCUT2D eigenvalue weighted by Crippen LogP contribution is -2.13. The van der Waals surface area contributed by atoms with E-state index >= 15 is 0 Å². The Balaban J connectivity index is 1.76. The van der Waals surface area contributed by atoms with Crippen molar-refractivity contribution in [2.45, 2.75) is 25.7 Å². The average Bonchev–Trinajstić information content (AvgIpc) is 2.66. The van der Waals surface area contributed by atoms with Crippen LogP contribution in [0.1, 0.15) is 29.5 Å². The number of hydrogen-bond donors (Lipinski definition) is 1. The number of ether oxygens (including phenoxy) is 2. The van der Waals surface area contributed by atoms with Crippen molar-refractivity contribution < 1.29 is 14.3 Å². The maximum Gasteiger partial charge on any atom is 0.248 e. The van der Waals surface area contributed by atoms with Crippen molar-refractivity contribution in [3.63, 3.8) is 0 Å². The van der Waals surface area contributed by atoms with Gasteiger partial charge in [0, 0.05) is 11.8 Å². The van der Waals surface area contributed by atoms with E-state index in [-0.39, 0.29) is 5.91 Å². The Bertz CT molecular complexity index is 845. The fraction of sp³-hybridized carbons (Fsp3) is 0.286. The highest BCUT2D eigenvalue weighted by atomic mass is 35.5. The summed E-state index contributed by atoms with van der Waals surface area (Å²) < 4.78 is 10.5. The number of fused-ring (bicyclic) bond motifs is 1. The van der Waals surface area contributed by atoms with Crippen molar-refractivity contribution in [1.82, 2.24) is 0 Å². The molecule has 0 spiro atoms. The SMILES string of the molecule is COc1cc(/C=C/C(=O)Nc2cccc3c2CCCC3)cc(Cl)c1OC. The number of anilines is 1. The molecule has 0 aliphatic heterocycles. The van der Waals surface area contributed by atoms with Crippen LogP contribution in [0.5, 0.6) is 11.5 Å². The zero-order valence-electron chi connectivity index (χ0n) is 15.0. The molecule has 0 heterocycles. The van der Waals surface area contributed by atoms with Crippen LogP contribution in [0, 0.1) is 0 Å². The summed E-state index contributed by atoms with van der Waals surface area (Å²) in [6.07, 6.45) is 7.68. The van der Waals surface area contributed by atoms with Gasteiger partial charge in [0.1, 0.15) is 0 Å². The summed E-state index contributed by atoms with van der Waals surface area (Å²) in [7, 11) is 3.08. The average molecular weight is 372 g/mol. The second-order valence-electron chi connectivity index (χ2n) is 6.21. The molecule has 4 nitrogen and oxygen atoms in total. The monoisotopic (exact) mass is 371 g/mol. The highest BCUT2D eigenvalue weighted by Gasteiger charge is 2.14. The van der Waals surface area contributed by atoms with Crippen molar-refractivity contribution in [3.8, 4) is 11.5 Å². The molecule has 1 amide bonds. The minimum atomic E-state index is -0.171. The predicted molar refractivity (Wildman–Crippen MR) is 105 cm³/mol. The third kappa shape index (κ3) is 4.02. The van der Waals surface area contributed by atoms with Gasteiger partial charge in [0.2, 0.25) is 5.91 Å². The Morgan fingerprint density at radius 1 is 1.15 bits per heavy atom. The van der Waals surface area contributed by atoms with Crippen LogP contribution in [0.2, 0.25) is 5.02 Å². The molecule has 1 N–H and O–H groups in total. The van der Waals surface area contributed by atoms with Gasteiger partial charge in [-0.05, 0) is 66.6 Å².